The van der Waals surface area contributed by atoms with Gasteiger partial charge in [-0.05, 0) is 55.8 Å². The van der Waals surface area contributed by atoms with E-state index in [-0.39, 0.29) is 43.5 Å². The number of carbonyl (C=O) groups is 1. The van der Waals surface area contributed by atoms with Crippen LogP contribution in [0, 0.1) is 5.92 Å². The monoisotopic (exact) mass is 607 g/mol. The van der Waals surface area contributed by atoms with Gasteiger partial charge in [0, 0.05) is 50.6 Å². The maximum absolute atomic E-state index is 13.5. The molecular formula is C26H30Cl2F3N3O4S. The van der Waals surface area contributed by atoms with Crippen molar-refractivity contribution in [3.63, 3.8) is 0 Å². The second-order valence-electron chi connectivity index (χ2n) is 10.1. The first-order valence-corrected chi connectivity index (χ1v) is 15.0. The van der Waals surface area contributed by atoms with Gasteiger partial charge in [0.2, 0.25) is 10.0 Å². The highest BCUT2D eigenvalue weighted by Crippen LogP contribution is 2.39. The molecule has 2 saturated heterocycles. The van der Waals surface area contributed by atoms with Gasteiger partial charge in [-0.3, -0.25) is 0 Å². The molecule has 2 aromatic rings. The number of urea groups is 1. The van der Waals surface area contributed by atoms with E-state index in [2.05, 4.69) is 0 Å². The average Bonchev–Trinajstić information content (AvgIpc) is 3.30. The lowest BCUT2D eigenvalue weighted by molar-refractivity contribution is -0.137. The average molecular weight is 609 g/mol. The van der Waals surface area contributed by atoms with Crippen molar-refractivity contribution in [2.24, 2.45) is 5.92 Å². The van der Waals surface area contributed by atoms with Crippen LogP contribution in [0.3, 0.4) is 0 Å². The molecule has 2 aromatic carbocycles. The summed E-state index contributed by atoms with van der Waals surface area (Å²) in [6, 6.07) is 9.25. The minimum absolute atomic E-state index is 0.178. The third kappa shape index (κ3) is 6.75. The minimum Gasteiger partial charge on any atom is -0.490 e. The fourth-order valence-corrected chi connectivity index (χ4v) is 6.83. The lowest BCUT2D eigenvalue weighted by Gasteiger charge is -2.39. The predicted molar refractivity (Wildman–Crippen MR) is 144 cm³/mol. The number of rotatable bonds is 5. The normalized spacial score (nSPS) is 23.6. The van der Waals surface area contributed by atoms with E-state index >= 15 is 0 Å². The number of piperazine rings is 1. The van der Waals surface area contributed by atoms with Gasteiger partial charge in [0.1, 0.15) is 11.9 Å². The molecule has 0 spiro atoms. The van der Waals surface area contributed by atoms with Crippen LogP contribution in [-0.2, 0) is 16.2 Å². The standard InChI is InChI=1S/C26H30Cl2F3N3O4S/c1-16-13-32(10-11-34(16)39(3,36)37)25(35)33-14-21(22(15-33)18-4-9-23(27)24(28)12-18)17(2)38-20-7-5-19(6-8-20)26(29,30)31/h4-9,12,16-17,21-22H,10-11,13-15H2,1-3H3/t16-,17-,21+,22+/m1/s1. The van der Waals surface area contributed by atoms with Crippen LogP contribution in [0.4, 0.5) is 18.0 Å². The van der Waals surface area contributed by atoms with Crippen LogP contribution in [0.2, 0.25) is 10.0 Å². The maximum atomic E-state index is 13.5. The van der Waals surface area contributed by atoms with Gasteiger partial charge in [-0.2, -0.15) is 17.5 Å². The molecule has 0 N–H and O–H groups in total. The topological polar surface area (TPSA) is 70.2 Å². The van der Waals surface area contributed by atoms with Gasteiger partial charge in [-0.15, -0.1) is 0 Å². The van der Waals surface area contributed by atoms with Crippen LogP contribution in [0.5, 0.6) is 5.75 Å². The van der Waals surface area contributed by atoms with E-state index in [1.807, 2.05) is 13.0 Å². The zero-order valence-corrected chi connectivity index (χ0v) is 24.0. The predicted octanol–water partition coefficient (Wildman–Crippen LogP) is 5.58. The summed E-state index contributed by atoms with van der Waals surface area (Å²) in [6.45, 7) is 5.05. The molecule has 2 amide bonds. The van der Waals surface area contributed by atoms with E-state index in [0.717, 1.165) is 24.0 Å². The Balaban J connectivity index is 1.54. The van der Waals surface area contributed by atoms with Crippen molar-refractivity contribution in [2.75, 3.05) is 39.0 Å². The van der Waals surface area contributed by atoms with Crippen molar-refractivity contribution in [3.8, 4) is 5.75 Å². The second-order valence-corrected chi connectivity index (χ2v) is 12.9. The molecule has 7 nitrogen and oxygen atoms in total. The maximum Gasteiger partial charge on any atom is 0.416 e. The van der Waals surface area contributed by atoms with Crippen molar-refractivity contribution in [1.29, 1.82) is 0 Å². The van der Waals surface area contributed by atoms with Gasteiger partial charge in [-0.25, -0.2) is 13.2 Å². The number of ether oxygens (including phenoxy) is 1. The van der Waals surface area contributed by atoms with E-state index in [0.29, 0.717) is 28.9 Å². The number of amides is 2. The van der Waals surface area contributed by atoms with Crippen molar-refractivity contribution in [3.05, 3.63) is 63.6 Å². The van der Waals surface area contributed by atoms with Crippen LogP contribution in [-0.4, -0.2) is 79.7 Å². The number of halogens is 5. The van der Waals surface area contributed by atoms with E-state index in [1.54, 1.807) is 28.9 Å². The van der Waals surface area contributed by atoms with E-state index in [1.165, 1.54) is 16.4 Å². The fourth-order valence-electron chi connectivity index (χ4n) is 5.39. The first-order valence-electron chi connectivity index (χ1n) is 12.4. The number of benzene rings is 2. The number of nitrogens with zero attached hydrogens (tertiary/aromatic N) is 3. The Kier molecular flexibility index (Phi) is 8.66. The van der Waals surface area contributed by atoms with Crippen molar-refractivity contribution < 1.29 is 31.1 Å². The highest BCUT2D eigenvalue weighted by Gasteiger charge is 2.43. The number of likely N-dealkylation sites (tertiary alicyclic amines) is 1. The largest absolute Gasteiger partial charge is 0.490 e. The zero-order valence-electron chi connectivity index (χ0n) is 21.7. The van der Waals surface area contributed by atoms with Gasteiger partial charge >= 0.3 is 12.2 Å². The Labute approximate surface area is 236 Å². The highest BCUT2D eigenvalue weighted by molar-refractivity contribution is 7.88. The van der Waals surface area contributed by atoms with Crippen LogP contribution in [0.25, 0.3) is 0 Å². The molecule has 0 aliphatic carbocycles. The molecule has 4 rings (SSSR count). The molecule has 2 aliphatic heterocycles. The Hall–Kier alpha value is -2.21. The summed E-state index contributed by atoms with van der Waals surface area (Å²) in [5.74, 6) is -0.0926. The molecule has 2 heterocycles. The van der Waals surface area contributed by atoms with E-state index < -0.39 is 27.9 Å². The smallest absolute Gasteiger partial charge is 0.416 e. The Morgan fingerprint density at radius 3 is 2.23 bits per heavy atom. The Bertz CT molecular complexity index is 1310. The third-order valence-electron chi connectivity index (χ3n) is 7.38. The Morgan fingerprint density at radius 1 is 1.00 bits per heavy atom. The number of hydrogen-bond acceptors (Lipinski definition) is 4. The number of sulfonamides is 1. The summed E-state index contributed by atoms with van der Waals surface area (Å²) >= 11 is 12.4. The quantitative estimate of drug-likeness (QED) is 0.445. The van der Waals surface area contributed by atoms with Gasteiger partial charge in [-0.1, -0.05) is 29.3 Å². The summed E-state index contributed by atoms with van der Waals surface area (Å²) < 4.78 is 70.4. The number of carbonyl (C=O) groups excluding carboxylic acids is 1. The summed E-state index contributed by atoms with van der Waals surface area (Å²) in [4.78, 5) is 16.9. The van der Waals surface area contributed by atoms with Crippen LogP contribution >= 0.6 is 23.2 Å². The van der Waals surface area contributed by atoms with Gasteiger partial charge in [0.25, 0.3) is 0 Å². The summed E-state index contributed by atoms with van der Waals surface area (Å²) in [6.07, 6.45) is -3.74. The van der Waals surface area contributed by atoms with Crippen molar-refractivity contribution in [2.45, 2.75) is 38.1 Å². The molecule has 39 heavy (non-hydrogen) atoms. The molecule has 13 heteroatoms. The van der Waals surface area contributed by atoms with Gasteiger partial charge in [0.15, 0.2) is 0 Å². The zero-order chi connectivity index (χ0) is 28.7. The fraction of sp³-hybridized carbons (Fsp3) is 0.500. The lowest BCUT2D eigenvalue weighted by Crippen LogP contribution is -2.57. The first kappa shape index (κ1) is 29.8. The Morgan fingerprint density at radius 2 is 1.67 bits per heavy atom. The molecule has 214 valence electrons. The second kappa shape index (κ2) is 11.3. The van der Waals surface area contributed by atoms with Crippen LogP contribution in [0.15, 0.2) is 42.5 Å². The molecule has 0 bridgehead atoms. The molecule has 0 saturated carbocycles. The molecule has 0 unspecified atom stereocenters. The van der Waals surface area contributed by atoms with E-state index in [9.17, 15) is 26.4 Å². The SMILES string of the molecule is C[C@@H]1CN(C(=O)N2C[C@@H]([C@@H](C)Oc3ccc(C(F)(F)F)cc3)[C@H](c3ccc(Cl)c(Cl)c3)C2)CCN1S(C)(=O)=O. The molecule has 2 aliphatic rings. The number of alkyl halides is 3. The van der Waals surface area contributed by atoms with Gasteiger partial charge < -0.3 is 14.5 Å². The summed E-state index contributed by atoms with van der Waals surface area (Å²) in [7, 11) is -3.38. The molecule has 4 atom stereocenters. The van der Waals surface area contributed by atoms with Crippen LogP contribution in [0.1, 0.15) is 30.9 Å². The lowest BCUT2D eigenvalue weighted by atomic mass is 9.85. The molecule has 0 radical (unpaired) electrons. The first-order chi connectivity index (χ1) is 18.1. The van der Waals surface area contributed by atoms with E-state index in [4.69, 9.17) is 27.9 Å². The van der Waals surface area contributed by atoms with Crippen molar-refractivity contribution >= 4 is 39.3 Å². The third-order valence-corrected chi connectivity index (χ3v) is 9.51. The minimum atomic E-state index is -4.44. The summed E-state index contributed by atoms with van der Waals surface area (Å²) in [5, 5.41) is 0.773. The summed E-state index contributed by atoms with van der Waals surface area (Å²) in [5.41, 5.74) is 0.0989. The van der Waals surface area contributed by atoms with Crippen molar-refractivity contribution in [1.82, 2.24) is 14.1 Å². The van der Waals surface area contributed by atoms with Crippen LogP contribution < -0.4 is 4.74 Å². The molecule has 0 aromatic heterocycles. The molecule has 2 fully saturated rings. The van der Waals surface area contributed by atoms with Gasteiger partial charge in [0.05, 0.1) is 21.9 Å². The number of hydrogen-bond donors (Lipinski definition) is 0. The molecular weight excluding hydrogens is 578 g/mol. The highest BCUT2D eigenvalue weighted by atomic mass is 35.5.